The topological polar surface area (TPSA) is 59.4 Å². The predicted octanol–water partition coefficient (Wildman–Crippen LogP) is 4.37. The zero-order valence-electron chi connectivity index (χ0n) is 16.8. The van der Waals surface area contributed by atoms with Gasteiger partial charge in [0.05, 0.1) is 22.1 Å². The Kier molecular flexibility index (Phi) is 4.22. The number of benzene rings is 2. The van der Waals surface area contributed by atoms with Gasteiger partial charge < -0.3 is 4.90 Å². The van der Waals surface area contributed by atoms with Crippen molar-refractivity contribution < 1.29 is 13.2 Å². The summed E-state index contributed by atoms with van der Waals surface area (Å²) in [6, 6.07) is 15.8. The van der Waals surface area contributed by atoms with Crippen LogP contribution in [-0.4, -0.2) is 30.2 Å². The number of likely N-dealkylation sites (N-methyl/N-ethyl adjacent to an activating group) is 1. The van der Waals surface area contributed by atoms with E-state index in [1.54, 1.807) is 42.3 Å². The van der Waals surface area contributed by atoms with Crippen LogP contribution in [0.3, 0.4) is 0 Å². The van der Waals surface area contributed by atoms with E-state index in [-0.39, 0.29) is 22.8 Å². The Morgan fingerprint density at radius 1 is 1.03 bits per heavy atom. The van der Waals surface area contributed by atoms with Crippen LogP contribution in [0.25, 0.3) is 17.0 Å². The maximum Gasteiger partial charge on any atom is 0.268 e. The average molecular weight is 419 g/mol. The minimum atomic E-state index is -3.81. The summed E-state index contributed by atoms with van der Waals surface area (Å²) in [5.74, 6) is -0.0262. The minimum absolute atomic E-state index is 0.000928. The summed E-state index contributed by atoms with van der Waals surface area (Å²) in [6.45, 7) is 1.88. The number of allylic oxidation sites excluding steroid dienone is 2. The molecule has 1 aliphatic carbocycles. The summed E-state index contributed by atoms with van der Waals surface area (Å²) < 4.78 is 28.8. The van der Waals surface area contributed by atoms with E-state index in [0.717, 1.165) is 22.9 Å². The van der Waals surface area contributed by atoms with Gasteiger partial charge in [0.2, 0.25) is 5.91 Å². The highest BCUT2D eigenvalue weighted by atomic mass is 32.2. The molecule has 0 spiro atoms. The van der Waals surface area contributed by atoms with Crippen LogP contribution in [0, 0.1) is 5.92 Å². The minimum Gasteiger partial charge on any atom is -0.335 e. The van der Waals surface area contributed by atoms with Crippen LogP contribution in [-0.2, 0) is 14.8 Å². The Hall–Kier alpha value is -3.12. The van der Waals surface area contributed by atoms with E-state index in [9.17, 15) is 13.2 Å². The number of likely N-dealkylation sites (tertiary alicyclic amines) is 1. The monoisotopic (exact) mass is 418 g/mol. The van der Waals surface area contributed by atoms with Gasteiger partial charge in [-0.05, 0) is 37.6 Å². The van der Waals surface area contributed by atoms with Crippen LogP contribution in [0.15, 0.2) is 77.2 Å². The maximum atomic E-state index is 13.7. The summed E-state index contributed by atoms with van der Waals surface area (Å²) in [5, 5.41) is 0.867. The lowest BCUT2D eigenvalue weighted by atomic mass is 9.84. The molecule has 2 bridgehead atoms. The van der Waals surface area contributed by atoms with Gasteiger partial charge in [-0.25, -0.2) is 12.4 Å². The van der Waals surface area contributed by atoms with Gasteiger partial charge in [0.25, 0.3) is 10.0 Å². The third-order valence-electron chi connectivity index (χ3n) is 6.23. The first kappa shape index (κ1) is 18.9. The number of aromatic nitrogens is 1. The number of rotatable bonds is 2. The van der Waals surface area contributed by atoms with E-state index in [2.05, 4.69) is 0 Å². The normalized spacial score (nSPS) is 22.4. The SMILES string of the molecule is C/C=C1/C(=O)N(C)[C@H]2C[C@@H]1C=Cc1c2c2ccccc2n1S(=O)(=O)c1ccccc1. The molecule has 0 unspecified atom stereocenters. The number of carbonyl (C=O) groups is 1. The van der Waals surface area contributed by atoms with Gasteiger partial charge in [0, 0.05) is 29.5 Å². The van der Waals surface area contributed by atoms with E-state index in [0.29, 0.717) is 11.2 Å². The highest BCUT2D eigenvalue weighted by Crippen LogP contribution is 2.46. The van der Waals surface area contributed by atoms with Crippen molar-refractivity contribution in [1.29, 1.82) is 0 Å². The van der Waals surface area contributed by atoms with Gasteiger partial charge in [-0.15, -0.1) is 0 Å². The smallest absolute Gasteiger partial charge is 0.268 e. The molecule has 1 fully saturated rings. The standard InChI is InChI=1S/C24H22N2O3S/c1-3-18-16-13-14-21-23(22(15-16)25(2)24(18)27)19-11-7-8-12-20(19)26(21)30(28,29)17-9-5-4-6-10-17/h3-14,16,22H,15H2,1-2H3/b18-3+/t16-,22-/m0/s1. The van der Waals surface area contributed by atoms with Crippen molar-refractivity contribution in [3.05, 3.63) is 83.6 Å². The number of amides is 1. The van der Waals surface area contributed by atoms with Crippen molar-refractivity contribution in [2.75, 3.05) is 7.05 Å². The van der Waals surface area contributed by atoms with Crippen molar-refractivity contribution >= 4 is 32.9 Å². The average Bonchev–Trinajstić information content (AvgIpc) is 2.99. The molecule has 2 atom stereocenters. The van der Waals surface area contributed by atoms with E-state index in [1.165, 1.54) is 3.97 Å². The van der Waals surface area contributed by atoms with Crippen LogP contribution in [0.1, 0.15) is 30.6 Å². The van der Waals surface area contributed by atoms with Crippen LogP contribution < -0.4 is 0 Å². The summed E-state index contributed by atoms with van der Waals surface area (Å²) in [5.41, 5.74) is 2.92. The van der Waals surface area contributed by atoms with Crippen molar-refractivity contribution in [3.63, 3.8) is 0 Å². The zero-order valence-corrected chi connectivity index (χ0v) is 17.6. The van der Waals surface area contributed by atoms with Crippen molar-refractivity contribution in [2.45, 2.75) is 24.3 Å². The molecule has 0 radical (unpaired) electrons. The van der Waals surface area contributed by atoms with E-state index >= 15 is 0 Å². The van der Waals surface area contributed by atoms with Gasteiger partial charge in [-0.3, -0.25) is 4.79 Å². The number of nitrogens with zero attached hydrogens (tertiary/aromatic N) is 2. The van der Waals surface area contributed by atoms with Crippen molar-refractivity contribution in [3.8, 4) is 0 Å². The second-order valence-electron chi connectivity index (χ2n) is 7.78. The molecule has 3 aromatic rings. The number of fused-ring (bicyclic) bond motifs is 6. The summed E-state index contributed by atoms with van der Waals surface area (Å²) in [7, 11) is -2.01. The highest BCUT2D eigenvalue weighted by Gasteiger charge is 2.40. The molecule has 2 aromatic carbocycles. The summed E-state index contributed by atoms with van der Waals surface area (Å²) in [4.78, 5) is 15.0. The molecule has 1 amide bonds. The number of carbonyl (C=O) groups excluding carboxylic acids is 1. The quantitative estimate of drug-likeness (QED) is 0.581. The van der Waals surface area contributed by atoms with Crippen molar-refractivity contribution in [2.24, 2.45) is 5.92 Å². The second-order valence-corrected chi connectivity index (χ2v) is 9.56. The van der Waals surface area contributed by atoms with Gasteiger partial charge in [0.1, 0.15) is 0 Å². The Labute approximate surface area is 176 Å². The second kappa shape index (κ2) is 6.71. The lowest BCUT2D eigenvalue weighted by Gasteiger charge is -2.37. The van der Waals surface area contributed by atoms with Crippen molar-refractivity contribution in [1.82, 2.24) is 8.87 Å². The molecule has 2 aliphatic rings. The first-order chi connectivity index (χ1) is 14.4. The molecule has 5 nitrogen and oxygen atoms in total. The molecule has 6 heteroatoms. The lowest BCUT2D eigenvalue weighted by molar-refractivity contribution is -0.130. The molecule has 1 aliphatic heterocycles. The van der Waals surface area contributed by atoms with Gasteiger partial charge >= 0.3 is 0 Å². The fourth-order valence-corrected chi connectivity index (χ4v) is 6.34. The number of piperidine rings is 1. The van der Waals surface area contributed by atoms with Crippen LogP contribution in [0.2, 0.25) is 0 Å². The number of para-hydroxylation sites is 1. The molecule has 30 heavy (non-hydrogen) atoms. The van der Waals surface area contributed by atoms with Gasteiger partial charge in [-0.1, -0.05) is 48.6 Å². The molecule has 152 valence electrons. The lowest BCUT2D eigenvalue weighted by Crippen LogP contribution is -2.39. The Balaban J connectivity index is 1.85. The van der Waals surface area contributed by atoms with Crippen LogP contribution in [0.5, 0.6) is 0 Å². The number of hydrogen-bond acceptors (Lipinski definition) is 3. The third kappa shape index (κ3) is 2.53. The molecule has 2 heterocycles. The first-order valence-corrected chi connectivity index (χ1v) is 11.4. The largest absolute Gasteiger partial charge is 0.335 e. The fourth-order valence-electron chi connectivity index (χ4n) is 4.79. The Bertz CT molecular complexity index is 1330. The molecule has 0 saturated carbocycles. The zero-order chi connectivity index (χ0) is 21.0. The van der Waals surface area contributed by atoms with Crippen LogP contribution in [0.4, 0.5) is 0 Å². The van der Waals surface area contributed by atoms with Gasteiger partial charge in [-0.2, -0.15) is 0 Å². The number of hydrogen-bond donors (Lipinski definition) is 0. The highest BCUT2D eigenvalue weighted by molar-refractivity contribution is 7.90. The maximum absolute atomic E-state index is 13.7. The molecular formula is C24H22N2O3S. The van der Waals surface area contributed by atoms with E-state index in [1.807, 2.05) is 49.4 Å². The molecule has 1 aromatic heterocycles. The third-order valence-corrected chi connectivity index (χ3v) is 7.97. The molecule has 5 rings (SSSR count). The van der Waals surface area contributed by atoms with Crippen LogP contribution >= 0.6 is 0 Å². The molecule has 1 saturated heterocycles. The van der Waals surface area contributed by atoms with E-state index in [4.69, 9.17) is 0 Å². The fraction of sp³-hybridized carbons (Fsp3) is 0.208. The molecule has 0 N–H and O–H groups in total. The Morgan fingerprint density at radius 2 is 1.73 bits per heavy atom. The van der Waals surface area contributed by atoms with E-state index < -0.39 is 10.0 Å². The van der Waals surface area contributed by atoms with Gasteiger partial charge in [0.15, 0.2) is 0 Å². The summed E-state index contributed by atoms with van der Waals surface area (Å²) >= 11 is 0. The predicted molar refractivity (Wildman–Crippen MR) is 117 cm³/mol. The Morgan fingerprint density at radius 3 is 2.47 bits per heavy atom. The molecular weight excluding hydrogens is 396 g/mol. The summed E-state index contributed by atoms with van der Waals surface area (Å²) in [6.07, 6.45) is 6.48. The first-order valence-electron chi connectivity index (χ1n) is 10.0.